The Balaban J connectivity index is 1.97. The number of sulfonamides is 1. The Bertz CT molecular complexity index is 1130. The molecule has 0 saturated carbocycles. The van der Waals surface area contributed by atoms with Crippen molar-refractivity contribution in [2.75, 3.05) is 4.72 Å². The SMILES string of the molecule is Cc1cccc(C)c1NS(=O)(=O)c1ccn(S(=O)(=O)c2ccccc2)c1. The Morgan fingerprint density at radius 1 is 0.769 bits per heavy atom. The van der Waals surface area contributed by atoms with E-state index in [0.717, 1.165) is 21.3 Å². The minimum Gasteiger partial charge on any atom is -0.279 e. The van der Waals surface area contributed by atoms with Gasteiger partial charge in [-0.2, -0.15) is 0 Å². The highest BCUT2D eigenvalue weighted by Crippen LogP contribution is 2.24. The molecule has 3 rings (SSSR count). The largest absolute Gasteiger partial charge is 0.279 e. The number of aryl methyl sites for hydroxylation is 2. The highest BCUT2D eigenvalue weighted by Gasteiger charge is 2.22. The van der Waals surface area contributed by atoms with Gasteiger partial charge in [0.05, 0.1) is 10.6 Å². The zero-order chi connectivity index (χ0) is 18.9. The standard InChI is InChI=1S/C18H18N2O4S2/c1-14-7-6-8-15(2)18(14)19-25(21,22)17-11-12-20(13-17)26(23,24)16-9-4-3-5-10-16/h3-13,19H,1-2H3. The number of nitrogens with one attached hydrogen (secondary N) is 1. The quantitative estimate of drug-likeness (QED) is 0.725. The van der Waals surface area contributed by atoms with Crippen LogP contribution in [0.1, 0.15) is 11.1 Å². The van der Waals surface area contributed by atoms with E-state index in [9.17, 15) is 16.8 Å². The van der Waals surface area contributed by atoms with E-state index in [1.54, 1.807) is 44.2 Å². The van der Waals surface area contributed by atoms with E-state index in [0.29, 0.717) is 5.69 Å². The first-order chi connectivity index (χ1) is 12.2. The molecule has 0 bridgehead atoms. The van der Waals surface area contributed by atoms with Crippen LogP contribution in [0.15, 0.2) is 76.8 Å². The maximum Gasteiger partial charge on any atom is 0.267 e. The molecule has 0 radical (unpaired) electrons. The van der Waals surface area contributed by atoms with Crippen molar-refractivity contribution in [3.05, 3.63) is 78.1 Å². The minimum absolute atomic E-state index is 0.0854. The third-order valence-corrected chi connectivity index (χ3v) is 6.97. The lowest BCUT2D eigenvalue weighted by Gasteiger charge is -2.12. The summed E-state index contributed by atoms with van der Waals surface area (Å²) in [5.41, 5.74) is 2.06. The molecule has 26 heavy (non-hydrogen) atoms. The lowest BCUT2D eigenvalue weighted by molar-refractivity contribution is 0.587. The number of nitrogens with zero attached hydrogens (tertiary/aromatic N) is 1. The van der Waals surface area contributed by atoms with Gasteiger partial charge in [0.15, 0.2) is 0 Å². The molecule has 8 heteroatoms. The van der Waals surface area contributed by atoms with Crippen molar-refractivity contribution in [1.82, 2.24) is 3.97 Å². The molecule has 0 amide bonds. The fourth-order valence-electron chi connectivity index (χ4n) is 2.55. The van der Waals surface area contributed by atoms with Gasteiger partial charge in [-0.25, -0.2) is 20.8 Å². The third kappa shape index (κ3) is 3.38. The summed E-state index contributed by atoms with van der Waals surface area (Å²) in [4.78, 5) is -0.0399. The fourth-order valence-corrected chi connectivity index (χ4v) is 5.04. The van der Waals surface area contributed by atoms with Gasteiger partial charge in [-0.15, -0.1) is 0 Å². The summed E-state index contributed by atoms with van der Waals surface area (Å²) < 4.78 is 53.9. The van der Waals surface area contributed by atoms with Gasteiger partial charge in [0.2, 0.25) is 0 Å². The molecule has 0 unspecified atom stereocenters. The predicted octanol–water partition coefficient (Wildman–Crippen LogP) is 3.14. The molecule has 2 aromatic carbocycles. The summed E-state index contributed by atoms with van der Waals surface area (Å²) in [6.07, 6.45) is 2.32. The second-order valence-electron chi connectivity index (χ2n) is 5.87. The lowest BCUT2D eigenvalue weighted by Crippen LogP contribution is -2.15. The van der Waals surface area contributed by atoms with Crippen LogP contribution in [0, 0.1) is 13.8 Å². The van der Waals surface area contributed by atoms with Crippen LogP contribution in [0.4, 0.5) is 5.69 Å². The van der Waals surface area contributed by atoms with E-state index < -0.39 is 20.0 Å². The van der Waals surface area contributed by atoms with Crippen molar-refractivity contribution in [2.45, 2.75) is 23.6 Å². The Labute approximate surface area is 153 Å². The van der Waals surface area contributed by atoms with E-state index >= 15 is 0 Å². The van der Waals surface area contributed by atoms with Crippen molar-refractivity contribution < 1.29 is 16.8 Å². The van der Waals surface area contributed by atoms with Crippen LogP contribution in [0.3, 0.4) is 0 Å². The topological polar surface area (TPSA) is 85.2 Å². The Kier molecular flexibility index (Phi) is 4.64. The number of hydrogen-bond acceptors (Lipinski definition) is 4. The fraction of sp³-hybridized carbons (Fsp3) is 0.111. The maximum atomic E-state index is 12.7. The molecule has 0 aliphatic carbocycles. The third-order valence-electron chi connectivity index (χ3n) is 3.99. The zero-order valence-corrected chi connectivity index (χ0v) is 15.9. The lowest BCUT2D eigenvalue weighted by atomic mass is 10.1. The molecule has 6 nitrogen and oxygen atoms in total. The van der Waals surface area contributed by atoms with Gasteiger partial charge in [0, 0.05) is 12.4 Å². The van der Waals surface area contributed by atoms with Gasteiger partial charge in [-0.3, -0.25) is 4.72 Å². The monoisotopic (exact) mass is 390 g/mol. The highest BCUT2D eigenvalue weighted by atomic mass is 32.2. The van der Waals surface area contributed by atoms with Gasteiger partial charge in [-0.1, -0.05) is 36.4 Å². The maximum absolute atomic E-state index is 12.7. The molecular weight excluding hydrogens is 372 g/mol. The average Bonchev–Trinajstić information content (AvgIpc) is 3.11. The second kappa shape index (κ2) is 6.62. The summed E-state index contributed by atoms with van der Waals surface area (Å²) in [7, 11) is -7.76. The first-order valence-corrected chi connectivity index (χ1v) is 10.7. The minimum atomic E-state index is -3.92. The molecule has 0 saturated heterocycles. The highest BCUT2D eigenvalue weighted by molar-refractivity contribution is 7.93. The normalized spacial score (nSPS) is 12.1. The summed E-state index contributed by atoms with van der Waals surface area (Å²) >= 11 is 0. The molecule has 136 valence electrons. The molecule has 3 aromatic rings. The predicted molar refractivity (Wildman–Crippen MR) is 100 cm³/mol. The molecule has 1 heterocycles. The van der Waals surface area contributed by atoms with E-state index in [4.69, 9.17) is 0 Å². The van der Waals surface area contributed by atoms with Gasteiger partial charge < -0.3 is 0 Å². The van der Waals surface area contributed by atoms with Crippen molar-refractivity contribution in [3.8, 4) is 0 Å². The van der Waals surface area contributed by atoms with Crippen LogP contribution in [0.2, 0.25) is 0 Å². The van der Waals surface area contributed by atoms with Gasteiger partial charge in [-0.05, 0) is 43.2 Å². The van der Waals surface area contributed by atoms with Crippen molar-refractivity contribution >= 4 is 25.7 Å². The molecule has 0 aliphatic rings. The van der Waals surface area contributed by atoms with E-state index in [-0.39, 0.29) is 9.79 Å². The van der Waals surface area contributed by atoms with Crippen LogP contribution in [-0.2, 0) is 20.0 Å². The smallest absolute Gasteiger partial charge is 0.267 e. The Hall–Kier alpha value is -2.58. The first kappa shape index (κ1) is 18.2. The van der Waals surface area contributed by atoms with Gasteiger partial charge in [0.1, 0.15) is 4.90 Å². The molecule has 1 aromatic heterocycles. The summed E-state index contributed by atoms with van der Waals surface area (Å²) in [5.74, 6) is 0. The molecule has 0 fully saturated rings. The molecule has 0 spiro atoms. The van der Waals surface area contributed by atoms with E-state index in [2.05, 4.69) is 4.72 Å². The van der Waals surface area contributed by atoms with Crippen molar-refractivity contribution in [2.24, 2.45) is 0 Å². The van der Waals surface area contributed by atoms with Crippen LogP contribution in [0.25, 0.3) is 0 Å². The van der Waals surface area contributed by atoms with Crippen LogP contribution < -0.4 is 4.72 Å². The van der Waals surface area contributed by atoms with Crippen molar-refractivity contribution in [1.29, 1.82) is 0 Å². The Morgan fingerprint density at radius 2 is 1.38 bits per heavy atom. The number of hydrogen-bond donors (Lipinski definition) is 1. The van der Waals surface area contributed by atoms with E-state index in [1.165, 1.54) is 24.4 Å². The number of aromatic nitrogens is 1. The molecule has 0 aliphatic heterocycles. The van der Waals surface area contributed by atoms with Crippen molar-refractivity contribution in [3.63, 3.8) is 0 Å². The number of benzene rings is 2. The van der Waals surface area contributed by atoms with Crippen LogP contribution in [0.5, 0.6) is 0 Å². The van der Waals surface area contributed by atoms with E-state index in [1.807, 2.05) is 6.07 Å². The second-order valence-corrected chi connectivity index (χ2v) is 9.39. The first-order valence-electron chi connectivity index (χ1n) is 7.79. The molecular formula is C18H18N2O4S2. The van der Waals surface area contributed by atoms with Gasteiger partial charge >= 0.3 is 0 Å². The number of anilines is 1. The molecule has 1 N–H and O–H groups in total. The van der Waals surface area contributed by atoms with Gasteiger partial charge in [0.25, 0.3) is 20.0 Å². The van der Waals surface area contributed by atoms with Crippen LogP contribution >= 0.6 is 0 Å². The summed E-state index contributed by atoms with van der Waals surface area (Å²) in [6.45, 7) is 3.60. The zero-order valence-electron chi connectivity index (χ0n) is 14.2. The van der Waals surface area contributed by atoms with Crippen LogP contribution in [-0.4, -0.2) is 20.8 Å². The summed E-state index contributed by atoms with van der Waals surface area (Å²) in [6, 6.07) is 14.5. The summed E-state index contributed by atoms with van der Waals surface area (Å²) in [5, 5.41) is 0. The molecule has 0 atom stereocenters. The number of para-hydroxylation sites is 1. The average molecular weight is 390 g/mol. The Morgan fingerprint density at radius 3 is 2.00 bits per heavy atom. The number of rotatable bonds is 5.